The van der Waals surface area contributed by atoms with Gasteiger partial charge in [0.05, 0.1) is 7.11 Å². The lowest BCUT2D eigenvalue weighted by Crippen LogP contribution is -2.49. The van der Waals surface area contributed by atoms with Crippen molar-refractivity contribution < 1.29 is 9.53 Å². The lowest BCUT2D eigenvalue weighted by molar-refractivity contribution is 0.0742. The molecule has 150 valence electrons. The van der Waals surface area contributed by atoms with Crippen molar-refractivity contribution in [3.63, 3.8) is 0 Å². The van der Waals surface area contributed by atoms with Gasteiger partial charge in [-0.1, -0.05) is 0 Å². The molecule has 2 fully saturated rings. The number of nitrogens with zero attached hydrogens (tertiary/aromatic N) is 7. The number of ether oxygens (including phenoxy) is 1. The van der Waals surface area contributed by atoms with Gasteiger partial charge in [-0.25, -0.2) is 4.98 Å². The van der Waals surface area contributed by atoms with Crippen molar-refractivity contribution in [1.82, 2.24) is 24.6 Å². The minimum absolute atomic E-state index is 0.0486. The van der Waals surface area contributed by atoms with Crippen molar-refractivity contribution in [3.05, 3.63) is 23.5 Å². The number of carbonyl (C=O) groups excluding carboxylic acids is 1. The van der Waals surface area contributed by atoms with Crippen molar-refractivity contribution in [2.45, 2.75) is 19.8 Å². The molecule has 0 bridgehead atoms. The summed E-state index contributed by atoms with van der Waals surface area (Å²) in [4.78, 5) is 28.6. The lowest BCUT2D eigenvalue weighted by Gasteiger charge is -2.35. The first kappa shape index (κ1) is 18.5. The van der Waals surface area contributed by atoms with E-state index in [1.54, 1.807) is 17.9 Å². The molecule has 28 heavy (non-hydrogen) atoms. The Bertz CT molecular complexity index is 852. The fourth-order valence-corrected chi connectivity index (χ4v) is 3.83. The number of methoxy groups -OCH3 is 1. The van der Waals surface area contributed by atoms with Crippen LogP contribution in [0, 0.1) is 6.92 Å². The molecule has 9 heteroatoms. The largest absolute Gasteiger partial charge is 0.479 e. The molecule has 0 spiro atoms. The molecule has 0 aromatic carbocycles. The standard InChI is InChI=1S/C19H27N7O2/c1-14-12-16(24-6-4-5-7-24)21-19(20-14)26-10-8-25(9-11-26)18(27)15-13-23(2)22-17(15)28-3/h12-13H,4-11H2,1-3H3. The fraction of sp³-hybridized carbons (Fsp3) is 0.579. The number of amides is 1. The number of aryl methyl sites for hydroxylation is 2. The molecule has 0 radical (unpaired) electrons. The number of piperazine rings is 1. The molecular weight excluding hydrogens is 358 g/mol. The number of anilines is 2. The van der Waals surface area contributed by atoms with Gasteiger partial charge >= 0.3 is 0 Å². The molecule has 2 aliphatic heterocycles. The summed E-state index contributed by atoms with van der Waals surface area (Å²) in [6, 6.07) is 2.06. The number of hydrogen-bond acceptors (Lipinski definition) is 7. The number of rotatable bonds is 4. The van der Waals surface area contributed by atoms with Crippen molar-refractivity contribution in [1.29, 1.82) is 0 Å². The summed E-state index contributed by atoms with van der Waals surface area (Å²) in [5, 5.41) is 4.18. The van der Waals surface area contributed by atoms with E-state index in [0.29, 0.717) is 37.6 Å². The zero-order valence-electron chi connectivity index (χ0n) is 16.8. The van der Waals surface area contributed by atoms with Gasteiger partial charge in [0.1, 0.15) is 11.4 Å². The maximum absolute atomic E-state index is 12.9. The normalized spacial score (nSPS) is 17.3. The minimum Gasteiger partial charge on any atom is -0.479 e. The molecule has 2 aromatic rings. The second kappa shape index (κ2) is 7.65. The molecule has 2 aromatic heterocycles. The average molecular weight is 385 g/mol. The fourth-order valence-electron chi connectivity index (χ4n) is 3.83. The van der Waals surface area contributed by atoms with Crippen LogP contribution in [0.15, 0.2) is 12.3 Å². The third-order valence-electron chi connectivity index (χ3n) is 5.33. The predicted molar refractivity (Wildman–Crippen MR) is 106 cm³/mol. The number of carbonyl (C=O) groups is 1. The molecule has 0 N–H and O–H groups in total. The van der Waals surface area contributed by atoms with E-state index in [2.05, 4.69) is 25.9 Å². The van der Waals surface area contributed by atoms with Crippen molar-refractivity contribution in [3.8, 4) is 5.88 Å². The van der Waals surface area contributed by atoms with E-state index in [0.717, 1.165) is 30.5 Å². The highest BCUT2D eigenvalue weighted by Gasteiger charge is 2.27. The van der Waals surface area contributed by atoms with Crippen LogP contribution >= 0.6 is 0 Å². The van der Waals surface area contributed by atoms with Crippen LogP contribution < -0.4 is 14.5 Å². The summed E-state index contributed by atoms with van der Waals surface area (Å²) in [6.07, 6.45) is 4.15. The van der Waals surface area contributed by atoms with Crippen LogP contribution in [-0.2, 0) is 7.05 Å². The van der Waals surface area contributed by atoms with E-state index in [1.807, 2.05) is 11.8 Å². The van der Waals surface area contributed by atoms with E-state index < -0.39 is 0 Å². The van der Waals surface area contributed by atoms with Crippen LogP contribution in [-0.4, -0.2) is 76.9 Å². The second-order valence-electron chi connectivity index (χ2n) is 7.37. The summed E-state index contributed by atoms with van der Waals surface area (Å²) in [6.45, 7) is 6.78. The second-order valence-corrected chi connectivity index (χ2v) is 7.37. The third-order valence-corrected chi connectivity index (χ3v) is 5.33. The van der Waals surface area contributed by atoms with Crippen LogP contribution in [0.3, 0.4) is 0 Å². The Morgan fingerprint density at radius 2 is 1.75 bits per heavy atom. The molecule has 0 aliphatic carbocycles. The summed E-state index contributed by atoms with van der Waals surface area (Å²) < 4.78 is 6.83. The molecule has 2 aliphatic rings. The van der Waals surface area contributed by atoms with E-state index in [-0.39, 0.29) is 5.91 Å². The van der Waals surface area contributed by atoms with Crippen LogP contribution in [0.5, 0.6) is 5.88 Å². The summed E-state index contributed by atoms with van der Waals surface area (Å²) >= 11 is 0. The monoisotopic (exact) mass is 385 g/mol. The Hall–Kier alpha value is -2.84. The van der Waals surface area contributed by atoms with Gasteiger partial charge in [-0.05, 0) is 19.8 Å². The zero-order valence-corrected chi connectivity index (χ0v) is 16.8. The minimum atomic E-state index is -0.0486. The Kier molecular flexibility index (Phi) is 5.06. The predicted octanol–water partition coefficient (Wildman–Crippen LogP) is 1.09. The van der Waals surface area contributed by atoms with Gasteiger partial charge in [-0.2, -0.15) is 4.98 Å². The molecule has 9 nitrogen and oxygen atoms in total. The first-order valence-corrected chi connectivity index (χ1v) is 9.77. The van der Waals surface area contributed by atoms with E-state index in [1.165, 1.54) is 20.0 Å². The SMILES string of the molecule is COc1nn(C)cc1C(=O)N1CCN(c2nc(C)cc(N3CCCC3)n2)CC1. The maximum atomic E-state index is 12.9. The van der Waals surface area contributed by atoms with E-state index >= 15 is 0 Å². The van der Waals surface area contributed by atoms with Crippen LogP contribution in [0.2, 0.25) is 0 Å². The van der Waals surface area contributed by atoms with Gasteiger partial charge in [-0.15, -0.1) is 5.10 Å². The smallest absolute Gasteiger partial charge is 0.261 e. The van der Waals surface area contributed by atoms with Crippen molar-refractivity contribution in [2.24, 2.45) is 7.05 Å². The van der Waals surface area contributed by atoms with Crippen LogP contribution in [0.25, 0.3) is 0 Å². The molecule has 0 atom stereocenters. The van der Waals surface area contributed by atoms with Crippen LogP contribution in [0.4, 0.5) is 11.8 Å². The molecule has 0 unspecified atom stereocenters. The molecule has 2 saturated heterocycles. The highest BCUT2D eigenvalue weighted by Crippen LogP contribution is 2.23. The van der Waals surface area contributed by atoms with Gasteiger partial charge in [0.2, 0.25) is 11.8 Å². The number of hydrogen-bond donors (Lipinski definition) is 0. The van der Waals surface area contributed by atoms with Gasteiger partial charge in [0.15, 0.2) is 0 Å². The average Bonchev–Trinajstić information content (AvgIpc) is 3.36. The Morgan fingerprint density at radius 1 is 1.04 bits per heavy atom. The van der Waals surface area contributed by atoms with Crippen molar-refractivity contribution >= 4 is 17.7 Å². The molecule has 4 heterocycles. The Labute approximate surface area is 164 Å². The molecular formula is C19H27N7O2. The topological polar surface area (TPSA) is 79.6 Å². The molecule has 0 saturated carbocycles. The van der Waals surface area contributed by atoms with Gasteiger partial charge in [-0.3, -0.25) is 9.48 Å². The number of aromatic nitrogens is 4. The van der Waals surface area contributed by atoms with E-state index in [4.69, 9.17) is 9.72 Å². The van der Waals surface area contributed by atoms with E-state index in [9.17, 15) is 4.79 Å². The zero-order chi connectivity index (χ0) is 19.7. The summed E-state index contributed by atoms with van der Waals surface area (Å²) in [5.74, 6) is 2.09. The summed E-state index contributed by atoms with van der Waals surface area (Å²) in [5.41, 5.74) is 1.48. The van der Waals surface area contributed by atoms with Gasteiger partial charge in [0.25, 0.3) is 5.91 Å². The van der Waals surface area contributed by atoms with Gasteiger partial charge < -0.3 is 19.4 Å². The lowest BCUT2D eigenvalue weighted by atomic mass is 10.2. The summed E-state index contributed by atoms with van der Waals surface area (Å²) in [7, 11) is 3.31. The Morgan fingerprint density at radius 3 is 2.43 bits per heavy atom. The molecule has 4 rings (SSSR count). The highest BCUT2D eigenvalue weighted by atomic mass is 16.5. The third kappa shape index (κ3) is 3.61. The first-order chi connectivity index (χ1) is 13.5. The first-order valence-electron chi connectivity index (χ1n) is 9.77. The molecule has 1 amide bonds. The van der Waals surface area contributed by atoms with Gasteiger partial charge in [0, 0.05) is 64.3 Å². The maximum Gasteiger partial charge on any atom is 0.261 e. The Balaban J connectivity index is 1.44. The highest BCUT2D eigenvalue weighted by molar-refractivity contribution is 5.96. The van der Waals surface area contributed by atoms with Crippen LogP contribution in [0.1, 0.15) is 28.9 Å². The van der Waals surface area contributed by atoms with Crippen molar-refractivity contribution in [2.75, 3.05) is 56.2 Å². The quantitative estimate of drug-likeness (QED) is 0.779.